The summed E-state index contributed by atoms with van der Waals surface area (Å²) in [7, 11) is 1.59. The number of aliphatic hydroxyl groups is 4. The molecule has 1 amide bonds. The molecule has 15 heteroatoms. The molecule has 2 saturated carbocycles. The quantitative estimate of drug-likeness (QED) is 0.0967. The van der Waals surface area contributed by atoms with Crippen molar-refractivity contribution in [2.75, 3.05) is 33.3 Å². The molecule has 2 heterocycles. The maximum Gasteiger partial charge on any atom is 0.249 e. The standard InChI is InChI=1S/C27H50N6O9/c1-27(38)12-39-26(20(36)23(27)31-2)42-22-17(33-24(37)18(34)7-8-28)9-16(30)21(19(22)35)41-25-15(29)6-5-14(40-25)11-32-10-13-3-4-13/h5,13,15-23,25-26,31-32,34-36,38H,3-4,6-12,28-30H2,1-2H3,(H,33,37)/t15-,16+,17-,18-,19+,20-,21-,22+,23-,25-,26-,27+/m1/s1. The van der Waals surface area contributed by atoms with Crippen LogP contribution in [0.5, 0.6) is 0 Å². The molecule has 4 rings (SSSR count). The van der Waals surface area contributed by atoms with Gasteiger partial charge < -0.3 is 72.5 Å². The molecular formula is C27H50N6O9. The molecule has 0 spiro atoms. The lowest BCUT2D eigenvalue weighted by molar-refractivity contribution is -0.304. The van der Waals surface area contributed by atoms with Gasteiger partial charge in [-0.2, -0.15) is 0 Å². The predicted molar refractivity (Wildman–Crippen MR) is 150 cm³/mol. The van der Waals surface area contributed by atoms with Crippen molar-refractivity contribution in [3.63, 3.8) is 0 Å². The second-order valence-electron chi connectivity index (χ2n) is 12.2. The number of nitrogens with two attached hydrogens (primary N) is 3. The molecule has 42 heavy (non-hydrogen) atoms. The van der Waals surface area contributed by atoms with Gasteiger partial charge in [-0.05, 0) is 71.2 Å². The maximum absolute atomic E-state index is 12.7. The van der Waals surface area contributed by atoms with Crippen LogP contribution in [0, 0.1) is 5.92 Å². The van der Waals surface area contributed by atoms with Crippen molar-refractivity contribution in [1.29, 1.82) is 0 Å². The molecule has 2 aliphatic heterocycles. The molecule has 3 fully saturated rings. The molecule has 4 aliphatic rings. The predicted octanol–water partition coefficient (Wildman–Crippen LogP) is -3.94. The summed E-state index contributed by atoms with van der Waals surface area (Å²) in [6.45, 7) is 2.89. The largest absolute Gasteiger partial charge is 0.467 e. The highest BCUT2D eigenvalue weighted by Gasteiger charge is 2.52. The highest BCUT2D eigenvalue weighted by Crippen LogP contribution is 2.32. The number of nitrogens with one attached hydrogen (secondary N) is 3. The fraction of sp³-hybridized carbons (Fsp3) is 0.889. The zero-order valence-electron chi connectivity index (χ0n) is 24.4. The Morgan fingerprint density at radius 3 is 2.55 bits per heavy atom. The molecule has 0 aromatic heterocycles. The fourth-order valence-corrected chi connectivity index (χ4v) is 5.81. The van der Waals surface area contributed by atoms with E-state index >= 15 is 0 Å². The lowest BCUT2D eigenvalue weighted by Crippen LogP contribution is -2.69. The number of aliphatic hydroxyl groups excluding tert-OH is 3. The Hall–Kier alpha value is -1.47. The average molecular weight is 603 g/mol. The Morgan fingerprint density at radius 1 is 1.17 bits per heavy atom. The van der Waals surface area contributed by atoms with Crippen LogP contribution in [-0.2, 0) is 23.7 Å². The molecule has 1 saturated heterocycles. The molecule has 15 nitrogen and oxygen atoms in total. The van der Waals surface area contributed by atoms with Crippen molar-refractivity contribution >= 4 is 5.91 Å². The Morgan fingerprint density at radius 2 is 1.88 bits per heavy atom. The molecule has 0 unspecified atom stereocenters. The molecular weight excluding hydrogens is 552 g/mol. The summed E-state index contributed by atoms with van der Waals surface area (Å²) in [5.41, 5.74) is 16.9. The van der Waals surface area contributed by atoms with E-state index in [-0.39, 0.29) is 26.0 Å². The third-order valence-electron chi connectivity index (χ3n) is 8.48. The fourth-order valence-electron chi connectivity index (χ4n) is 5.81. The van der Waals surface area contributed by atoms with Crippen LogP contribution in [-0.4, -0.2) is 132 Å². The minimum absolute atomic E-state index is 0.0378. The van der Waals surface area contributed by atoms with Crippen molar-refractivity contribution in [1.82, 2.24) is 16.0 Å². The van der Waals surface area contributed by atoms with E-state index in [0.29, 0.717) is 24.6 Å². The molecule has 0 aromatic carbocycles. The average Bonchev–Trinajstić information content (AvgIpc) is 3.76. The SMILES string of the molecule is CN[C@@H]1[C@@H](O)[C@@H](O[C@@H]2[C@@H](O)[C@H](O[C@H]3OC(CNCC4CC4)=CC[C@H]3N)[C@@H](N)C[C@H]2NC(=O)[C@H](O)CCN)OC[C@]1(C)O. The van der Waals surface area contributed by atoms with Crippen molar-refractivity contribution in [3.05, 3.63) is 11.8 Å². The van der Waals surface area contributed by atoms with Gasteiger partial charge in [-0.3, -0.25) is 4.79 Å². The Kier molecular flexibility index (Phi) is 11.6. The highest BCUT2D eigenvalue weighted by molar-refractivity contribution is 5.80. The zero-order chi connectivity index (χ0) is 30.6. The summed E-state index contributed by atoms with van der Waals surface area (Å²) in [6, 6.07) is -2.98. The second-order valence-corrected chi connectivity index (χ2v) is 12.2. The second kappa shape index (κ2) is 14.5. The van der Waals surface area contributed by atoms with Gasteiger partial charge in [-0.1, -0.05) is 0 Å². The van der Waals surface area contributed by atoms with Crippen molar-refractivity contribution in [3.8, 4) is 0 Å². The molecule has 0 radical (unpaired) electrons. The van der Waals surface area contributed by atoms with Gasteiger partial charge in [0.15, 0.2) is 6.29 Å². The Balaban J connectivity index is 1.47. The molecule has 0 bridgehead atoms. The van der Waals surface area contributed by atoms with Gasteiger partial charge in [-0.15, -0.1) is 0 Å². The van der Waals surface area contributed by atoms with Gasteiger partial charge >= 0.3 is 0 Å². The number of amides is 1. The van der Waals surface area contributed by atoms with Crippen molar-refractivity contribution in [2.24, 2.45) is 23.1 Å². The van der Waals surface area contributed by atoms with Crippen LogP contribution in [0.2, 0.25) is 0 Å². The van der Waals surface area contributed by atoms with Gasteiger partial charge in [0.1, 0.15) is 41.9 Å². The number of carbonyl (C=O) groups is 1. The first-order valence-corrected chi connectivity index (χ1v) is 14.9. The third-order valence-corrected chi connectivity index (χ3v) is 8.48. The Bertz CT molecular complexity index is 925. The normalized spacial score (nSPS) is 41.5. The number of ether oxygens (including phenoxy) is 4. The minimum atomic E-state index is -1.42. The third kappa shape index (κ3) is 8.16. The molecule has 0 aromatic rings. The van der Waals surface area contributed by atoms with E-state index in [0.717, 1.165) is 6.54 Å². The molecule has 13 N–H and O–H groups in total. The smallest absolute Gasteiger partial charge is 0.249 e. The number of likely N-dealkylation sites (N-methyl/N-ethyl adjacent to an activating group) is 1. The van der Waals surface area contributed by atoms with Crippen LogP contribution in [0.4, 0.5) is 0 Å². The number of hydrogen-bond donors (Lipinski definition) is 10. The summed E-state index contributed by atoms with van der Waals surface area (Å²) >= 11 is 0. The molecule has 242 valence electrons. The van der Waals surface area contributed by atoms with Crippen LogP contribution in [0.1, 0.15) is 39.0 Å². The van der Waals surface area contributed by atoms with Gasteiger partial charge in [0.2, 0.25) is 12.2 Å². The number of rotatable bonds is 13. The van der Waals surface area contributed by atoms with E-state index in [4.69, 9.17) is 36.1 Å². The van der Waals surface area contributed by atoms with E-state index in [2.05, 4.69) is 16.0 Å². The van der Waals surface area contributed by atoms with Crippen LogP contribution in [0.25, 0.3) is 0 Å². The zero-order valence-corrected chi connectivity index (χ0v) is 24.4. The van der Waals surface area contributed by atoms with Crippen LogP contribution < -0.4 is 33.2 Å². The number of hydrogen-bond acceptors (Lipinski definition) is 14. The Labute approximate surface area is 246 Å². The molecule has 12 atom stereocenters. The van der Waals surface area contributed by atoms with E-state index < -0.39 is 78.8 Å². The summed E-state index contributed by atoms with van der Waals surface area (Å²) in [6.07, 6.45) is -3.46. The van der Waals surface area contributed by atoms with E-state index in [1.165, 1.54) is 19.8 Å². The van der Waals surface area contributed by atoms with Crippen LogP contribution in [0.3, 0.4) is 0 Å². The first-order chi connectivity index (χ1) is 19.9. The van der Waals surface area contributed by atoms with Crippen molar-refractivity contribution < 1.29 is 44.2 Å². The maximum atomic E-state index is 12.7. The topological polar surface area (TPSA) is 249 Å². The minimum Gasteiger partial charge on any atom is -0.467 e. The van der Waals surface area contributed by atoms with E-state index in [9.17, 15) is 25.2 Å². The lowest BCUT2D eigenvalue weighted by atomic mass is 9.83. The molecule has 2 aliphatic carbocycles. The first kappa shape index (κ1) is 33.4. The van der Waals surface area contributed by atoms with Gasteiger partial charge in [0, 0.05) is 6.04 Å². The summed E-state index contributed by atoms with van der Waals surface area (Å²) in [4.78, 5) is 12.7. The first-order valence-electron chi connectivity index (χ1n) is 14.9. The van der Waals surface area contributed by atoms with Gasteiger partial charge in [0.05, 0.1) is 31.3 Å². The van der Waals surface area contributed by atoms with Gasteiger partial charge in [-0.25, -0.2) is 0 Å². The van der Waals surface area contributed by atoms with Crippen molar-refractivity contribution in [2.45, 2.75) is 112 Å². The van der Waals surface area contributed by atoms with Gasteiger partial charge in [0.25, 0.3) is 0 Å². The van der Waals surface area contributed by atoms with Crippen LogP contribution in [0.15, 0.2) is 11.8 Å². The summed E-state index contributed by atoms with van der Waals surface area (Å²) < 4.78 is 24.0. The summed E-state index contributed by atoms with van der Waals surface area (Å²) in [5.74, 6) is 0.698. The van der Waals surface area contributed by atoms with E-state index in [1.807, 2.05) is 6.08 Å². The monoisotopic (exact) mass is 602 g/mol. The van der Waals surface area contributed by atoms with E-state index in [1.54, 1.807) is 7.05 Å². The summed E-state index contributed by atoms with van der Waals surface area (Å²) in [5, 5.41) is 52.3. The van der Waals surface area contributed by atoms with Crippen LogP contribution >= 0.6 is 0 Å². The lowest BCUT2D eigenvalue weighted by Gasteiger charge is -2.48. The number of carbonyl (C=O) groups excluding carboxylic acids is 1. The highest BCUT2D eigenvalue weighted by atomic mass is 16.7.